The van der Waals surface area contributed by atoms with Gasteiger partial charge in [0.1, 0.15) is 5.82 Å². The molecule has 0 atom stereocenters. The van der Waals surface area contributed by atoms with E-state index >= 15 is 0 Å². The van der Waals surface area contributed by atoms with E-state index in [2.05, 4.69) is 31.7 Å². The van der Waals surface area contributed by atoms with Crippen LogP contribution in [-0.4, -0.2) is 19.7 Å². The number of hydrogen-bond acceptors (Lipinski definition) is 5. The maximum atomic E-state index is 4.48. The molecule has 2 heterocycles. The van der Waals surface area contributed by atoms with Crippen LogP contribution in [0.2, 0.25) is 0 Å². The molecule has 4 nitrogen and oxygen atoms in total. The molecule has 2 aromatic heterocycles. The zero-order valence-corrected chi connectivity index (χ0v) is 12.5. The van der Waals surface area contributed by atoms with Gasteiger partial charge in [-0.1, -0.05) is 17.8 Å². The Balaban J connectivity index is 1.74. The third-order valence-electron chi connectivity index (χ3n) is 3.02. The summed E-state index contributed by atoms with van der Waals surface area (Å²) in [6, 6.07) is 0. The van der Waals surface area contributed by atoms with Crippen LogP contribution in [0.5, 0.6) is 0 Å². The minimum Gasteiger partial charge on any atom is -0.302 e. The number of nitrogens with zero attached hydrogens (tertiary/aromatic N) is 4. The highest BCUT2D eigenvalue weighted by Crippen LogP contribution is 2.40. The molecule has 2 aromatic rings. The molecule has 0 unspecified atom stereocenters. The molecule has 1 aliphatic rings. The molecule has 0 spiro atoms. The zero-order valence-electron chi connectivity index (χ0n) is 10.9. The van der Waals surface area contributed by atoms with Gasteiger partial charge in [-0.15, -0.1) is 28.1 Å². The van der Waals surface area contributed by atoms with Gasteiger partial charge in [0, 0.05) is 23.6 Å². The number of aromatic nitrogens is 4. The second kappa shape index (κ2) is 5.46. The Labute approximate surface area is 121 Å². The quantitative estimate of drug-likeness (QED) is 0.604. The SMILES string of the molecule is C=CCn1c(SCc2csc(C)n2)nnc1C1CC1. The Morgan fingerprint density at radius 1 is 1.53 bits per heavy atom. The van der Waals surface area contributed by atoms with E-state index in [9.17, 15) is 0 Å². The lowest BCUT2D eigenvalue weighted by Gasteiger charge is -2.05. The first-order chi connectivity index (χ1) is 9.28. The second-order valence-corrected chi connectivity index (χ2v) is 6.67. The van der Waals surface area contributed by atoms with Crippen molar-refractivity contribution >= 4 is 23.1 Å². The number of rotatable bonds is 6. The summed E-state index contributed by atoms with van der Waals surface area (Å²) in [5.74, 6) is 2.59. The highest BCUT2D eigenvalue weighted by Gasteiger charge is 2.30. The summed E-state index contributed by atoms with van der Waals surface area (Å²) in [6.07, 6.45) is 4.39. The summed E-state index contributed by atoms with van der Waals surface area (Å²) >= 11 is 3.40. The average Bonchev–Trinajstić information content (AvgIpc) is 3.04. The molecule has 1 aliphatic carbocycles. The average molecular weight is 292 g/mol. The van der Waals surface area contributed by atoms with E-state index in [1.165, 1.54) is 12.8 Å². The van der Waals surface area contributed by atoms with E-state index < -0.39 is 0 Å². The Morgan fingerprint density at radius 3 is 3.00 bits per heavy atom. The Bertz CT molecular complexity index is 583. The molecule has 0 bridgehead atoms. The van der Waals surface area contributed by atoms with Gasteiger partial charge >= 0.3 is 0 Å². The second-order valence-electron chi connectivity index (χ2n) is 4.66. The monoisotopic (exact) mass is 292 g/mol. The van der Waals surface area contributed by atoms with Crippen molar-refractivity contribution in [1.29, 1.82) is 0 Å². The molecule has 0 N–H and O–H groups in total. The van der Waals surface area contributed by atoms with Crippen LogP contribution in [0.1, 0.15) is 35.3 Å². The molecule has 6 heteroatoms. The summed E-state index contributed by atoms with van der Waals surface area (Å²) in [7, 11) is 0. The van der Waals surface area contributed by atoms with Crippen LogP contribution in [0.15, 0.2) is 23.2 Å². The van der Waals surface area contributed by atoms with Gasteiger partial charge in [0.05, 0.1) is 10.7 Å². The van der Waals surface area contributed by atoms with Gasteiger partial charge in [-0.05, 0) is 19.8 Å². The van der Waals surface area contributed by atoms with E-state index in [0.717, 1.165) is 34.0 Å². The lowest BCUT2D eigenvalue weighted by Crippen LogP contribution is -2.02. The summed E-state index contributed by atoms with van der Waals surface area (Å²) in [6.45, 7) is 6.64. The molecule has 1 saturated carbocycles. The fourth-order valence-electron chi connectivity index (χ4n) is 1.96. The molecular weight excluding hydrogens is 276 g/mol. The van der Waals surface area contributed by atoms with Crippen LogP contribution in [0.4, 0.5) is 0 Å². The van der Waals surface area contributed by atoms with E-state index in [4.69, 9.17) is 0 Å². The number of hydrogen-bond donors (Lipinski definition) is 0. The first kappa shape index (κ1) is 12.9. The normalized spacial score (nSPS) is 14.8. The van der Waals surface area contributed by atoms with Crippen molar-refractivity contribution in [2.75, 3.05) is 0 Å². The zero-order chi connectivity index (χ0) is 13.2. The maximum absolute atomic E-state index is 4.48. The van der Waals surface area contributed by atoms with Crippen LogP contribution >= 0.6 is 23.1 Å². The van der Waals surface area contributed by atoms with Gasteiger partial charge < -0.3 is 4.57 Å². The van der Waals surface area contributed by atoms with E-state index in [-0.39, 0.29) is 0 Å². The summed E-state index contributed by atoms with van der Waals surface area (Å²) in [5.41, 5.74) is 1.12. The lowest BCUT2D eigenvalue weighted by molar-refractivity contribution is 0.681. The van der Waals surface area contributed by atoms with E-state index in [1.807, 2.05) is 13.0 Å². The van der Waals surface area contributed by atoms with Crippen molar-refractivity contribution < 1.29 is 0 Å². The smallest absolute Gasteiger partial charge is 0.191 e. The van der Waals surface area contributed by atoms with Crippen molar-refractivity contribution in [3.8, 4) is 0 Å². The molecule has 3 rings (SSSR count). The third kappa shape index (κ3) is 2.90. The van der Waals surface area contributed by atoms with Crippen molar-refractivity contribution in [1.82, 2.24) is 19.7 Å². The van der Waals surface area contributed by atoms with Crippen molar-refractivity contribution in [3.63, 3.8) is 0 Å². The first-order valence-corrected chi connectivity index (χ1v) is 8.22. The van der Waals surface area contributed by atoms with E-state index in [1.54, 1.807) is 23.1 Å². The van der Waals surface area contributed by atoms with Crippen LogP contribution in [0, 0.1) is 6.92 Å². The Hall–Kier alpha value is -1.14. The number of aryl methyl sites for hydroxylation is 1. The molecule has 0 aliphatic heterocycles. The predicted octanol–water partition coefficient (Wildman–Crippen LogP) is 3.40. The Kier molecular flexibility index (Phi) is 3.70. The van der Waals surface area contributed by atoms with E-state index in [0.29, 0.717) is 5.92 Å². The standard InChI is InChI=1S/C13H16N4S2/c1-3-6-17-12(10-4-5-10)15-16-13(17)19-8-11-7-18-9(2)14-11/h3,7,10H,1,4-6,8H2,2H3. The predicted molar refractivity (Wildman–Crippen MR) is 78.6 cm³/mol. The van der Waals surface area contributed by atoms with Crippen LogP contribution in [0.3, 0.4) is 0 Å². The summed E-state index contributed by atoms with van der Waals surface area (Å²) < 4.78 is 2.19. The molecular formula is C13H16N4S2. The van der Waals surface area contributed by atoms with Crippen molar-refractivity contribution in [2.45, 2.75) is 43.1 Å². The first-order valence-electron chi connectivity index (χ1n) is 6.35. The van der Waals surface area contributed by atoms with Gasteiger partial charge in [0.15, 0.2) is 5.16 Å². The van der Waals surface area contributed by atoms with Crippen molar-refractivity contribution in [3.05, 3.63) is 34.6 Å². The number of thioether (sulfide) groups is 1. The van der Waals surface area contributed by atoms with Gasteiger partial charge in [0.25, 0.3) is 0 Å². The molecule has 0 amide bonds. The van der Waals surface area contributed by atoms with Gasteiger partial charge in [-0.2, -0.15) is 0 Å². The molecule has 19 heavy (non-hydrogen) atoms. The summed E-state index contributed by atoms with van der Waals surface area (Å²) in [5, 5.41) is 12.9. The van der Waals surface area contributed by atoms with Gasteiger partial charge in [-0.3, -0.25) is 0 Å². The molecule has 0 aromatic carbocycles. The largest absolute Gasteiger partial charge is 0.302 e. The third-order valence-corrected chi connectivity index (χ3v) is 4.84. The molecule has 0 saturated heterocycles. The van der Waals surface area contributed by atoms with Crippen molar-refractivity contribution in [2.24, 2.45) is 0 Å². The Morgan fingerprint density at radius 2 is 2.37 bits per heavy atom. The maximum Gasteiger partial charge on any atom is 0.191 e. The minimum absolute atomic E-state index is 0.614. The lowest BCUT2D eigenvalue weighted by atomic mass is 10.4. The fourth-order valence-corrected chi connectivity index (χ4v) is 3.53. The topological polar surface area (TPSA) is 43.6 Å². The number of allylic oxidation sites excluding steroid dienone is 1. The molecule has 100 valence electrons. The summed E-state index contributed by atoms with van der Waals surface area (Å²) in [4.78, 5) is 4.48. The molecule has 1 fully saturated rings. The minimum atomic E-state index is 0.614. The highest BCUT2D eigenvalue weighted by molar-refractivity contribution is 7.98. The molecule has 0 radical (unpaired) electrons. The fraction of sp³-hybridized carbons (Fsp3) is 0.462. The van der Waals surface area contributed by atoms with Crippen LogP contribution in [0.25, 0.3) is 0 Å². The van der Waals surface area contributed by atoms with Crippen LogP contribution < -0.4 is 0 Å². The van der Waals surface area contributed by atoms with Gasteiger partial charge in [-0.25, -0.2) is 4.98 Å². The number of thiazole rings is 1. The van der Waals surface area contributed by atoms with Crippen LogP contribution in [-0.2, 0) is 12.3 Å². The highest BCUT2D eigenvalue weighted by atomic mass is 32.2. The van der Waals surface area contributed by atoms with Gasteiger partial charge in [0.2, 0.25) is 0 Å².